The van der Waals surface area contributed by atoms with Crippen LogP contribution in [0.2, 0.25) is 5.02 Å². The molecule has 1 N–H and O–H groups in total. The molecule has 1 aliphatic rings. The molecule has 2 aromatic heterocycles. The molecule has 2 amide bonds. The number of rotatable bonds is 6. The molecule has 0 saturated carbocycles. The summed E-state index contributed by atoms with van der Waals surface area (Å²) in [6, 6.07) is 15.4. The fourth-order valence-corrected chi connectivity index (χ4v) is 6.73. The van der Waals surface area contributed by atoms with Crippen LogP contribution in [0.1, 0.15) is 48.4 Å². The number of amides is 2. The Morgan fingerprint density at radius 3 is 2.56 bits per heavy atom. The predicted molar refractivity (Wildman–Crippen MR) is 156 cm³/mol. The summed E-state index contributed by atoms with van der Waals surface area (Å²) in [7, 11) is 0. The van der Waals surface area contributed by atoms with Crippen LogP contribution >= 0.6 is 34.7 Å². The zero-order valence-electron chi connectivity index (χ0n) is 21.8. The first-order valence-corrected chi connectivity index (χ1v) is 14.8. The number of thiophene rings is 1. The van der Waals surface area contributed by atoms with Gasteiger partial charge in [-0.1, -0.05) is 56.6 Å². The van der Waals surface area contributed by atoms with Crippen molar-refractivity contribution >= 4 is 52.3 Å². The highest BCUT2D eigenvalue weighted by atomic mass is 35.5. The van der Waals surface area contributed by atoms with Crippen molar-refractivity contribution in [3.8, 4) is 5.69 Å². The summed E-state index contributed by atoms with van der Waals surface area (Å²) in [6.45, 7) is 6.30. The molecule has 2 aromatic carbocycles. The number of nitrogens with zero attached hydrogens (tertiary/aromatic N) is 3. The van der Waals surface area contributed by atoms with Crippen molar-refractivity contribution in [1.82, 2.24) is 15.1 Å². The van der Waals surface area contributed by atoms with Gasteiger partial charge in [0.05, 0.1) is 27.4 Å². The van der Waals surface area contributed by atoms with Gasteiger partial charge >= 0.3 is 0 Å². The lowest BCUT2D eigenvalue weighted by atomic mass is 9.87. The highest BCUT2D eigenvalue weighted by Gasteiger charge is 2.40. The number of hydrogen-bond donors (Lipinski definition) is 1. The average molecular weight is 583 g/mol. The van der Waals surface area contributed by atoms with Gasteiger partial charge in [0, 0.05) is 17.5 Å². The maximum Gasteiger partial charge on any atom is 0.240 e. The number of thioether (sulfide) groups is 1. The molecule has 10 heteroatoms. The fourth-order valence-electron chi connectivity index (χ4n) is 4.55. The molecule has 4 aromatic rings. The zero-order valence-corrected chi connectivity index (χ0v) is 24.2. The SMILES string of the molecule is CC(C)(C)c1nn(-c2ccccc2Cl)c2c1C(c1ccsc1)SCC(=O)N2CC(=O)NCc1ccc(F)cc1. The summed E-state index contributed by atoms with van der Waals surface area (Å²) in [6.07, 6.45) is 0. The van der Waals surface area contributed by atoms with Gasteiger partial charge in [-0.25, -0.2) is 9.07 Å². The largest absolute Gasteiger partial charge is 0.350 e. The van der Waals surface area contributed by atoms with E-state index in [2.05, 4.69) is 37.5 Å². The van der Waals surface area contributed by atoms with Crippen molar-refractivity contribution in [3.05, 3.63) is 98.6 Å². The van der Waals surface area contributed by atoms with E-state index in [9.17, 15) is 14.0 Å². The zero-order chi connectivity index (χ0) is 27.7. The minimum atomic E-state index is -0.352. The summed E-state index contributed by atoms with van der Waals surface area (Å²) >= 11 is 9.79. The van der Waals surface area contributed by atoms with Crippen LogP contribution in [0.4, 0.5) is 10.2 Å². The molecular formula is C29H28ClFN4O2S2. The molecule has 1 atom stereocenters. The van der Waals surface area contributed by atoms with Gasteiger partial charge in [0.1, 0.15) is 18.2 Å². The standard InChI is InChI=1S/C29H28ClFN4O2S2/c1-29(2,3)27-25-26(19-12-13-38-16-19)39-17-24(37)34(15-23(36)32-14-18-8-10-20(31)11-9-18)28(25)35(33-27)22-7-5-4-6-21(22)30/h4-13,16,26H,14-15,17H2,1-3H3,(H,32,36). The monoisotopic (exact) mass is 582 g/mol. The van der Waals surface area contributed by atoms with Crippen LogP contribution in [0.3, 0.4) is 0 Å². The first-order chi connectivity index (χ1) is 18.6. The van der Waals surface area contributed by atoms with Crippen LogP contribution in [0.25, 0.3) is 5.69 Å². The summed E-state index contributed by atoms with van der Waals surface area (Å²) < 4.78 is 15.0. The van der Waals surface area contributed by atoms with Crippen LogP contribution in [0.5, 0.6) is 0 Å². The molecule has 1 unspecified atom stereocenters. The highest BCUT2D eigenvalue weighted by Crippen LogP contribution is 2.49. The molecular weight excluding hydrogens is 555 g/mol. The summed E-state index contributed by atoms with van der Waals surface area (Å²) in [4.78, 5) is 28.4. The fraction of sp³-hybridized carbons (Fsp3) is 0.276. The summed E-state index contributed by atoms with van der Waals surface area (Å²) in [5.41, 5.74) is 3.87. The van der Waals surface area contributed by atoms with Gasteiger partial charge in [0.25, 0.3) is 0 Å². The van der Waals surface area contributed by atoms with Crippen LogP contribution in [0, 0.1) is 5.82 Å². The normalized spacial score (nSPS) is 15.7. The molecule has 0 radical (unpaired) electrons. The third-order valence-corrected chi connectivity index (χ3v) is 8.71. The number of benzene rings is 2. The molecule has 0 bridgehead atoms. The highest BCUT2D eigenvalue weighted by molar-refractivity contribution is 8.00. The first kappa shape index (κ1) is 27.4. The minimum absolute atomic E-state index is 0.145. The van der Waals surface area contributed by atoms with E-state index in [1.165, 1.54) is 28.8 Å². The Morgan fingerprint density at radius 1 is 1.15 bits per heavy atom. The van der Waals surface area contributed by atoms with Crippen molar-refractivity contribution in [2.75, 3.05) is 17.2 Å². The third kappa shape index (κ3) is 5.76. The molecule has 0 fully saturated rings. The number of aromatic nitrogens is 2. The molecule has 6 nitrogen and oxygen atoms in total. The number of halogens is 2. The second-order valence-electron chi connectivity index (χ2n) is 10.3. The van der Waals surface area contributed by atoms with Crippen LogP contribution in [-0.2, 0) is 21.5 Å². The minimum Gasteiger partial charge on any atom is -0.350 e. The maximum atomic E-state index is 13.7. The van der Waals surface area contributed by atoms with E-state index in [0.29, 0.717) is 16.5 Å². The van der Waals surface area contributed by atoms with Gasteiger partial charge in [-0.3, -0.25) is 14.5 Å². The lowest BCUT2D eigenvalue weighted by Crippen LogP contribution is -2.42. The van der Waals surface area contributed by atoms with E-state index in [1.807, 2.05) is 23.6 Å². The van der Waals surface area contributed by atoms with Crippen molar-refractivity contribution in [1.29, 1.82) is 0 Å². The Balaban J connectivity index is 1.62. The Labute approximate surface area is 240 Å². The summed E-state index contributed by atoms with van der Waals surface area (Å²) in [5.74, 6) is -0.109. The number of anilines is 1. The number of fused-ring (bicyclic) bond motifs is 1. The maximum absolute atomic E-state index is 13.7. The molecule has 39 heavy (non-hydrogen) atoms. The van der Waals surface area contributed by atoms with E-state index in [1.54, 1.807) is 34.2 Å². The van der Waals surface area contributed by atoms with E-state index in [-0.39, 0.29) is 47.1 Å². The van der Waals surface area contributed by atoms with Crippen LogP contribution in [-0.4, -0.2) is 33.9 Å². The Kier molecular flexibility index (Phi) is 7.84. The number of nitrogens with one attached hydrogen (secondary N) is 1. The Hall–Kier alpha value is -3.14. The molecule has 1 aliphatic heterocycles. The quantitative estimate of drug-likeness (QED) is 0.281. The number of para-hydroxylation sites is 1. The van der Waals surface area contributed by atoms with Gasteiger partial charge in [0.15, 0.2) is 0 Å². The molecule has 0 aliphatic carbocycles. The van der Waals surface area contributed by atoms with Gasteiger partial charge in [-0.15, -0.1) is 11.8 Å². The second kappa shape index (κ2) is 11.2. The van der Waals surface area contributed by atoms with Gasteiger partial charge in [-0.2, -0.15) is 16.4 Å². The van der Waals surface area contributed by atoms with Crippen molar-refractivity contribution < 1.29 is 14.0 Å². The van der Waals surface area contributed by atoms with Crippen molar-refractivity contribution in [3.63, 3.8) is 0 Å². The molecule has 3 heterocycles. The topological polar surface area (TPSA) is 67.2 Å². The molecule has 0 saturated heterocycles. The number of carbonyl (C=O) groups is 2. The molecule has 5 rings (SSSR count). The van der Waals surface area contributed by atoms with Crippen LogP contribution in [0.15, 0.2) is 65.4 Å². The second-order valence-corrected chi connectivity index (χ2v) is 12.6. The number of hydrogen-bond acceptors (Lipinski definition) is 5. The predicted octanol–water partition coefficient (Wildman–Crippen LogP) is 6.51. The Bertz CT molecular complexity index is 1500. The Morgan fingerprint density at radius 2 is 1.90 bits per heavy atom. The molecule has 202 valence electrons. The lowest BCUT2D eigenvalue weighted by Gasteiger charge is -2.24. The summed E-state index contributed by atoms with van der Waals surface area (Å²) in [5, 5.41) is 12.4. The smallest absolute Gasteiger partial charge is 0.240 e. The van der Waals surface area contributed by atoms with Gasteiger partial charge in [0.2, 0.25) is 11.8 Å². The molecule has 0 spiro atoms. The first-order valence-electron chi connectivity index (χ1n) is 12.5. The third-order valence-electron chi connectivity index (χ3n) is 6.43. The number of carbonyl (C=O) groups excluding carboxylic acids is 2. The van der Waals surface area contributed by atoms with Gasteiger partial charge in [-0.05, 0) is 52.2 Å². The van der Waals surface area contributed by atoms with Gasteiger partial charge < -0.3 is 5.32 Å². The van der Waals surface area contributed by atoms with Crippen molar-refractivity contribution in [2.45, 2.75) is 38.0 Å². The van der Waals surface area contributed by atoms with Crippen molar-refractivity contribution in [2.24, 2.45) is 0 Å². The van der Waals surface area contributed by atoms with E-state index in [0.717, 1.165) is 22.4 Å². The average Bonchev–Trinajstić information content (AvgIpc) is 3.54. The van der Waals surface area contributed by atoms with Crippen LogP contribution < -0.4 is 10.2 Å². The van der Waals surface area contributed by atoms with E-state index >= 15 is 0 Å². The lowest BCUT2D eigenvalue weighted by molar-refractivity contribution is -0.123. The van der Waals surface area contributed by atoms with E-state index in [4.69, 9.17) is 16.7 Å². The van der Waals surface area contributed by atoms with E-state index < -0.39 is 0 Å².